The minimum atomic E-state index is -0.915. The number of hydrogen-bond acceptors (Lipinski definition) is 5. The van der Waals surface area contributed by atoms with Crippen molar-refractivity contribution in [2.75, 3.05) is 4.90 Å². The van der Waals surface area contributed by atoms with Crippen molar-refractivity contribution in [1.29, 1.82) is 0 Å². The smallest absolute Gasteiger partial charge is 0.303 e. The van der Waals surface area contributed by atoms with Gasteiger partial charge in [-0.15, -0.1) is 0 Å². The van der Waals surface area contributed by atoms with Gasteiger partial charge in [0.1, 0.15) is 11.9 Å². The van der Waals surface area contributed by atoms with Crippen LogP contribution in [0.5, 0.6) is 5.75 Å². The first kappa shape index (κ1) is 11.4. The summed E-state index contributed by atoms with van der Waals surface area (Å²) in [5.74, 6) is -0.797. The third-order valence-electron chi connectivity index (χ3n) is 2.51. The third kappa shape index (κ3) is 1.94. The van der Waals surface area contributed by atoms with Gasteiger partial charge in [0.15, 0.2) is 0 Å². The zero-order valence-corrected chi connectivity index (χ0v) is 9.16. The number of nitrogens with two attached hydrogens (primary N) is 1. The Kier molecular flexibility index (Phi) is 2.72. The molecule has 90 valence electrons. The van der Waals surface area contributed by atoms with E-state index in [1.165, 1.54) is 24.0 Å². The van der Waals surface area contributed by atoms with Gasteiger partial charge < -0.3 is 15.6 Å². The highest BCUT2D eigenvalue weighted by atomic mass is 16.6. The van der Waals surface area contributed by atoms with Gasteiger partial charge in [-0.05, 0) is 24.3 Å². The van der Waals surface area contributed by atoms with Crippen molar-refractivity contribution < 1.29 is 19.4 Å². The summed E-state index contributed by atoms with van der Waals surface area (Å²) < 4.78 is 4.78. The molecule has 1 amide bonds. The number of hydrogen-bond donors (Lipinski definition) is 2. The van der Waals surface area contributed by atoms with Crippen LogP contribution < -0.4 is 10.6 Å². The largest absolute Gasteiger partial charge is 0.508 e. The van der Waals surface area contributed by atoms with Crippen molar-refractivity contribution in [3.05, 3.63) is 24.3 Å². The molecule has 2 rings (SSSR count). The van der Waals surface area contributed by atoms with Crippen LogP contribution in [0.4, 0.5) is 5.69 Å². The van der Waals surface area contributed by atoms with Gasteiger partial charge >= 0.3 is 5.97 Å². The number of rotatable bonds is 2. The van der Waals surface area contributed by atoms with E-state index < -0.39 is 18.2 Å². The van der Waals surface area contributed by atoms with Gasteiger partial charge in [0.2, 0.25) is 6.10 Å². The molecule has 0 spiro atoms. The highest BCUT2D eigenvalue weighted by molar-refractivity contribution is 6.05. The van der Waals surface area contributed by atoms with Gasteiger partial charge in [0, 0.05) is 12.6 Å². The molecule has 17 heavy (non-hydrogen) atoms. The highest BCUT2D eigenvalue weighted by Gasteiger charge is 2.48. The van der Waals surface area contributed by atoms with Gasteiger partial charge in [0.05, 0.1) is 0 Å². The maximum atomic E-state index is 11.7. The van der Waals surface area contributed by atoms with Gasteiger partial charge in [-0.1, -0.05) is 0 Å². The molecule has 1 fully saturated rings. The standard InChI is InChI=1S/C11H12N2O4/c1-6(14)17-9-10(12)13(11(9)16)7-2-4-8(15)5-3-7/h2-5,9-10,15H,12H2,1H3/t9-,10-/m1/s1. The van der Waals surface area contributed by atoms with Crippen LogP contribution in [-0.2, 0) is 14.3 Å². The van der Waals surface area contributed by atoms with Crippen molar-refractivity contribution in [3.8, 4) is 5.75 Å². The van der Waals surface area contributed by atoms with E-state index >= 15 is 0 Å². The highest BCUT2D eigenvalue weighted by Crippen LogP contribution is 2.28. The maximum absolute atomic E-state index is 11.7. The zero-order chi connectivity index (χ0) is 12.6. The summed E-state index contributed by atoms with van der Waals surface area (Å²) in [7, 11) is 0. The van der Waals surface area contributed by atoms with E-state index in [1.807, 2.05) is 0 Å². The predicted molar refractivity (Wildman–Crippen MR) is 59.1 cm³/mol. The number of aromatic hydroxyl groups is 1. The number of anilines is 1. The van der Waals surface area contributed by atoms with Crippen LogP contribution in [0.2, 0.25) is 0 Å². The average molecular weight is 236 g/mol. The second kappa shape index (κ2) is 4.06. The average Bonchev–Trinajstić information content (AvgIpc) is 2.29. The molecule has 1 aromatic carbocycles. The molecule has 6 heteroatoms. The van der Waals surface area contributed by atoms with E-state index in [0.29, 0.717) is 5.69 Å². The van der Waals surface area contributed by atoms with E-state index in [1.54, 1.807) is 12.1 Å². The van der Waals surface area contributed by atoms with Crippen LogP contribution in [0.1, 0.15) is 6.92 Å². The molecule has 0 bridgehead atoms. The fourth-order valence-corrected chi connectivity index (χ4v) is 1.69. The van der Waals surface area contributed by atoms with Crippen LogP contribution in [0.3, 0.4) is 0 Å². The van der Waals surface area contributed by atoms with Crippen molar-refractivity contribution in [1.82, 2.24) is 0 Å². The first-order valence-electron chi connectivity index (χ1n) is 5.05. The topological polar surface area (TPSA) is 92.9 Å². The van der Waals surface area contributed by atoms with E-state index in [0.717, 1.165) is 0 Å². The number of β-lactam (4-membered cyclic amide) rings is 1. The first-order chi connectivity index (χ1) is 8.00. The number of ether oxygens (including phenoxy) is 1. The second-order valence-electron chi connectivity index (χ2n) is 3.75. The molecule has 1 saturated heterocycles. The van der Waals surface area contributed by atoms with Gasteiger partial charge in [0.25, 0.3) is 5.91 Å². The summed E-state index contributed by atoms with van der Waals surface area (Å²) in [4.78, 5) is 23.8. The van der Waals surface area contributed by atoms with Crippen molar-refractivity contribution in [3.63, 3.8) is 0 Å². The number of carbonyl (C=O) groups excluding carboxylic acids is 2. The minimum Gasteiger partial charge on any atom is -0.508 e. The Bertz CT molecular complexity index is 457. The van der Waals surface area contributed by atoms with Gasteiger partial charge in [-0.25, -0.2) is 0 Å². The summed E-state index contributed by atoms with van der Waals surface area (Å²) in [6.07, 6.45) is -1.60. The number of benzene rings is 1. The van der Waals surface area contributed by atoms with Crippen LogP contribution in [0, 0.1) is 0 Å². The number of nitrogens with zero attached hydrogens (tertiary/aromatic N) is 1. The Morgan fingerprint density at radius 3 is 2.47 bits per heavy atom. The molecule has 3 N–H and O–H groups in total. The number of carbonyl (C=O) groups is 2. The SMILES string of the molecule is CC(=O)O[C@H]1C(=O)N(c2ccc(O)cc2)[C@H]1N. The fourth-order valence-electron chi connectivity index (χ4n) is 1.69. The molecule has 0 saturated carbocycles. The number of phenols is 1. The lowest BCUT2D eigenvalue weighted by Gasteiger charge is -2.43. The van der Waals surface area contributed by atoms with Crippen molar-refractivity contribution in [2.24, 2.45) is 5.73 Å². The molecular formula is C11H12N2O4. The lowest BCUT2D eigenvalue weighted by molar-refractivity contribution is -0.160. The lowest BCUT2D eigenvalue weighted by Crippen LogP contribution is -2.70. The molecular weight excluding hydrogens is 224 g/mol. The first-order valence-corrected chi connectivity index (χ1v) is 5.05. The summed E-state index contributed by atoms with van der Waals surface area (Å²) in [5, 5.41) is 9.13. The maximum Gasteiger partial charge on any atom is 0.303 e. The Balaban J connectivity index is 2.13. The van der Waals surface area contributed by atoms with Crippen molar-refractivity contribution in [2.45, 2.75) is 19.2 Å². The monoisotopic (exact) mass is 236 g/mol. The number of phenolic OH excluding ortho intramolecular Hbond substituents is 1. The molecule has 2 atom stereocenters. The van der Waals surface area contributed by atoms with Gasteiger partial charge in [-0.2, -0.15) is 0 Å². The predicted octanol–water partition coefficient (Wildman–Crippen LogP) is -0.0447. The van der Waals surface area contributed by atoms with Crippen LogP contribution in [-0.4, -0.2) is 29.3 Å². The molecule has 1 aliphatic rings. The molecule has 1 aromatic rings. The van der Waals surface area contributed by atoms with Gasteiger partial charge in [-0.3, -0.25) is 14.5 Å². The molecule has 0 aliphatic carbocycles. The Morgan fingerprint density at radius 2 is 2.00 bits per heavy atom. The second-order valence-corrected chi connectivity index (χ2v) is 3.75. The van der Waals surface area contributed by atoms with E-state index in [9.17, 15) is 9.59 Å². The summed E-state index contributed by atoms with van der Waals surface area (Å²) in [6.45, 7) is 1.23. The Morgan fingerprint density at radius 1 is 1.41 bits per heavy atom. The van der Waals surface area contributed by atoms with Crippen molar-refractivity contribution >= 4 is 17.6 Å². The van der Waals surface area contributed by atoms with E-state index in [-0.39, 0.29) is 11.7 Å². The van der Waals surface area contributed by atoms with Crippen LogP contribution >= 0.6 is 0 Å². The lowest BCUT2D eigenvalue weighted by atomic mass is 10.0. The van der Waals surface area contributed by atoms with Crippen LogP contribution in [0.25, 0.3) is 0 Å². The molecule has 6 nitrogen and oxygen atoms in total. The number of amides is 1. The minimum absolute atomic E-state index is 0.104. The summed E-state index contributed by atoms with van der Waals surface area (Å²) in [5.41, 5.74) is 6.30. The molecule has 0 aromatic heterocycles. The molecule has 0 radical (unpaired) electrons. The summed E-state index contributed by atoms with van der Waals surface area (Å²) in [6, 6.07) is 6.04. The molecule has 1 heterocycles. The van der Waals surface area contributed by atoms with E-state index in [4.69, 9.17) is 15.6 Å². The fraction of sp³-hybridized carbons (Fsp3) is 0.273. The number of esters is 1. The third-order valence-corrected chi connectivity index (χ3v) is 2.51. The normalized spacial score (nSPS) is 23.2. The molecule has 0 unspecified atom stereocenters. The van der Waals surface area contributed by atoms with Crippen LogP contribution in [0.15, 0.2) is 24.3 Å². The zero-order valence-electron chi connectivity index (χ0n) is 9.16. The summed E-state index contributed by atoms with van der Waals surface area (Å²) >= 11 is 0. The Labute approximate surface area is 97.6 Å². The molecule has 1 aliphatic heterocycles. The quantitative estimate of drug-likeness (QED) is 0.555. The Hall–Kier alpha value is -2.08. The van der Waals surface area contributed by atoms with E-state index in [2.05, 4.69) is 0 Å².